The highest BCUT2D eigenvalue weighted by atomic mass is 16.5. The third-order valence-corrected chi connectivity index (χ3v) is 5.96. The molecule has 0 radical (unpaired) electrons. The molecular weight excluding hydrogens is 374 g/mol. The zero-order valence-electron chi connectivity index (χ0n) is 17.8. The number of unbranched alkanes of at least 4 members (excludes halogenated alkanes) is 1. The molecule has 0 aliphatic carbocycles. The molecule has 1 saturated heterocycles. The molecule has 1 fully saturated rings. The van der Waals surface area contributed by atoms with E-state index in [0.717, 1.165) is 49.0 Å². The first-order valence-electron chi connectivity index (χ1n) is 11.0. The fourth-order valence-electron chi connectivity index (χ4n) is 4.34. The van der Waals surface area contributed by atoms with E-state index in [9.17, 15) is 5.26 Å². The largest absolute Gasteiger partial charge is 0.371 e. The first kappa shape index (κ1) is 20.5. The Morgan fingerprint density at radius 2 is 2.30 bits per heavy atom. The van der Waals surface area contributed by atoms with Crippen LogP contribution in [0.2, 0.25) is 0 Å². The number of ether oxygens (including phenoxy) is 1. The van der Waals surface area contributed by atoms with Gasteiger partial charge in [-0.25, -0.2) is 4.52 Å². The van der Waals surface area contributed by atoms with Crippen LogP contribution in [0, 0.1) is 11.3 Å². The maximum absolute atomic E-state index is 10.1. The molecule has 2 atom stereocenters. The van der Waals surface area contributed by atoms with Gasteiger partial charge in [0, 0.05) is 42.8 Å². The van der Waals surface area contributed by atoms with Crippen LogP contribution in [0.1, 0.15) is 68.2 Å². The lowest BCUT2D eigenvalue weighted by Crippen LogP contribution is -2.33. The molecule has 0 amide bonds. The molecule has 3 aromatic rings. The van der Waals surface area contributed by atoms with E-state index in [4.69, 9.17) is 9.84 Å². The Kier molecular flexibility index (Phi) is 6.41. The second kappa shape index (κ2) is 9.38. The fourth-order valence-corrected chi connectivity index (χ4v) is 4.34. The van der Waals surface area contributed by atoms with Crippen molar-refractivity contribution in [2.24, 2.45) is 0 Å². The predicted molar refractivity (Wildman–Crippen MR) is 117 cm³/mol. The van der Waals surface area contributed by atoms with E-state index >= 15 is 0 Å². The van der Waals surface area contributed by atoms with Gasteiger partial charge in [-0.05, 0) is 42.5 Å². The van der Waals surface area contributed by atoms with E-state index in [-0.39, 0.29) is 6.10 Å². The number of pyridine rings is 2. The van der Waals surface area contributed by atoms with Crippen molar-refractivity contribution in [3.8, 4) is 17.3 Å². The van der Waals surface area contributed by atoms with Crippen molar-refractivity contribution in [1.82, 2.24) is 19.9 Å². The van der Waals surface area contributed by atoms with E-state index in [1.165, 1.54) is 12.0 Å². The zero-order chi connectivity index (χ0) is 20.9. The summed E-state index contributed by atoms with van der Waals surface area (Å²) in [6.45, 7) is 6.82. The molecule has 30 heavy (non-hydrogen) atoms. The zero-order valence-corrected chi connectivity index (χ0v) is 17.8. The van der Waals surface area contributed by atoms with Crippen LogP contribution >= 0.6 is 0 Å². The second-order valence-electron chi connectivity index (χ2n) is 7.91. The van der Waals surface area contributed by atoms with Crippen molar-refractivity contribution < 1.29 is 4.74 Å². The van der Waals surface area contributed by atoms with Crippen LogP contribution in [-0.4, -0.2) is 34.3 Å². The van der Waals surface area contributed by atoms with Gasteiger partial charge in [-0.2, -0.15) is 10.4 Å². The average molecular weight is 404 g/mol. The lowest BCUT2D eigenvalue weighted by Gasteiger charge is -2.25. The van der Waals surface area contributed by atoms with Gasteiger partial charge in [0.1, 0.15) is 17.3 Å². The SMILES string of the molecule is CCCCC(CC)c1cc(C2CNCCO2)cn2nc(-c3cccnc3)c(C#N)c12. The lowest BCUT2D eigenvalue weighted by molar-refractivity contribution is 0.0273. The Morgan fingerprint density at radius 1 is 1.40 bits per heavy atom. The molecule has 3 aromatic heterocycles. The van der Waals surface area contributed by atoms with Crippen molar-refractivity contribution >= 4 is 5.52 Å². The minimum Gasteiger partial charge on any atom is -0.371 e. The summed E-state index contributed by atoms with van der Waals surface area (Å²) in [5.41, 5.74) is 5.43. The maximum Gasteiger partial charge on any atom is 0.113 e. The highest BCUT2D eigenvalue weighted by molar-refractivity contribution is 5.79. The molecule has 0 bridgehead atoms. The molecule has 4 heterocycles. The van der Waals surface area contributed by atoms with Crippen LogP contribution in [0.4, 0.5) is 0 Å². The molecular formula is C24H29N5O. The van der Waals surface area contributed by atoms with Crippen LogP contribution in [0.15, 0.2) is 36.8 Å². The number of rotatable bonds is 7. The summed E-state index contributed by atoms with van der Waals surface area (Å²) in [4.78, 5) is 4.22. The van der Waals surface area contributed by atoms with Gasteiger partial charge in [0.2, 0.25) is 0 Å². The number of aromatic nitrogens is 3. The van der Waals surface area contributed by atoms with Crippen molar-refractivity contribution in [3.05, 3.63) is 53.5 Å². The highest BCUT2D eigenvalue weighted by Crippen LogP contribution is 2.36. The highest BCUT2D eigenvalue weighted by Gasteiger charge is 2.25. The summed E-state index contributed by atoms with van der Waals surface area (Å²) >= 11 is 0. The summed E-state index contributed by atoms with van der Waals surface area (Å²) in [5, 5.41) is 18.3. The summed E-state index contributed by atoms with van der Waals surface area (Å²) < 4.78 is 7.93. The van der Waals surface area contributed by atoms with E-state index in [0.29, 0.717) is 23.8 Å². The minimum absolute atomic E-state index is 0.00200. The van der Waals surface area contributed by atoms with Gasteiger partial charge >= 0.3 is 0 Å². The Hall–Kier alpha value is -2.75. The molecule has 6 nitrogen and oxygen atoms in total. The third-order valence-electron chi connectivity index (χ3n) is 5.96. The van der Waals surface area contributed by atoms with Gasteiger partial charge in [-0.3, -0.25) is 4.98 Å². The summed E-state index contributed by atoms with van der Waals surface area (Å²) in [5.74, 6) is 0.384. The molecule has 4 rings (SSSR count). The molecule has 2 unspecified atom stereocenters. The average Bonchev–Trinajstić information content (AvgIpc) is 3.19. The topological polar surface area (TPSA) is 75.2 Å². The van der Waals surface area contributed by atoms with Crippen molar-refractivity contribution in [2.45, 2.75) is 51.6 Å². The fraction of sp³-hybridized carbons (Fsp3) is 0.458. The van der Waals surface area contributed by atoms with E-state index in [1.807, 2.05) is 22.8 Å². The number of nitriles is 1. The Labute approximate surface area is 177 Å². The first-order chi connectivity index (χ1) is 14.8. The second-order valence-corrected chi connectivity index (χ2v) is 7.91. The first-order valence-corrected chi connectivity index (χ1v) is 11.0. The van der Waals surface area contributed by atoms with Gasteiger partial charge in [-0.1, -0.05) is 26.7 Å². The number of fused-ring (bicyclic) bond motifs is 1. The van der Waals surface area contributed by atoms with Crippen LogP contribution in [0.25, 0.3) is 16.8 Å². The van der Waals surface area contributed by atoms with Gasteiger partial charge in [-0.15, -0.1) is 0 Å². The molecule has 156 valence electrons. The molecule has 0 saturated carbocycles. The summed E-state index contributed by atoms with van der Waals surface area (Å²) in [6, 6.07) is 8.53. The lowest BCUT2D eigenvalue weighted by atomic mass is 9.88. The van der Waals surface area contributed by atoms with Gasteiger partial charge in [0.05, 0.1) is 18.2 Å². The molecule has 1 N–H and O–H groups in total. The van der Waals surface area contributed by atoms with Gasteiger partial charge in [0.25, 0.3) is 0 Å². The normalized spacial score (nSPS) is 17.7. The molecule has 6 heteroatoms. The molecule has 1 aliphatic rings. The Bertz CT molecular complexity index is 1030. The maximum atomic E-state index is 10.1. The van der Waals surface area contributed by atoms with Crippen LogP contribution in [0.3, 0.4) is 0 Å². The van der Waals surface area contributed by atoms with Crippen molar-refractivity contribution in [1.29, 1.82) is 5.26 Å². The standard InChI is InChI=1S/C24H29N5O/c1-3-5-7-17(4-2)20-12-19(22-15-27-10-11-30-22)16-29-24(20)21(13-25)23(28-29)18-8-6-9-26-14-18/h6,8-9,12,14,16-17,22,27H,3-5,7,10-11,15H2,1-2H3. The van der Waals surface area contributed by atoms with Crippen molar-refractivity contribution in [2.75, 3.05) is 19.7 Å². The van der Waals surface area contributed by atoms with E-state index in [2.05, 4.69) is 36.3 Å². The predicted octanol–water partition coefficient (Wildman–Crippen LogP) is 4.61. The monoisotopic (exact) mass is 403 g/mol. The Morgan fingerprint density at radius 3 is 2.97 bits per heavy atom. The minimum atomic E-state index is 0.00200. The third kappa shape index (κ3) is 3.96. The molecule has 0 aromatic carbocycles. The molecule has 0 spiro atoms. The number of morpholine rings is 1. The summed E-state index contributed by atoms with van der Waals surface area (Å²) in [6.07, 6.45) is 10.0. The van der Waals surface area contributed by atoms with Gasteiger partial charge in [0.15, 0.2) is 0 Å². The number of hydrogen-bond acceptors (Lipinski definition) is 5. The van der Waals surface area contributed by atoms with Gasteiger partial charge < -0.3 is 10.1 Å². The number of hydrogen-bond donors (Lipinski definition) is 1. The van der Waals surface area contributed by atoms with Crippen molar-refractivity contribution in [3.63, 3.8) is 0 Å². The van der Waals surface area contributed by atoms with Crippen LogP contribution < -0.4 is 5.32 Å². The number of nitrogens with zero attached hydrogens (tertiary/aromatic N) is 4. The van der Waals surface area contributed by atoms with Crippen LogP contribution in [-0.2, 0) is 4.74 Å². The van der Waals surface area contributed by atoms with Crippen LogP contribution in [0.5, 0.6) is 0 Å². The Balaban J connectivity index is 1.92. The smallest absolute Gasteiger partial charge is 0.113 e. The molecule has 1 aliphatic heterocycles. The number of nitrogens with one attached hydrogen (secondary N) is 1. The van der Waals surface area contributed by atoms with E-state index in [1.54, 1.807) is 12.4 Å². The summed E-state index contributed by atoms with van der Waals surface area (Å²) in [7, 11) is 0. The quantitative estimate of drug-likeness (QED) is 0.623. The van der Waals surface area contributed by atoms with E-state index < -0.39 is 0 Å².